The van der Waals surface area contributed by atoms with Crippen LogP contribution < -0.4 is 9.47 Å². The van der Waals surface area contributed by atoms with Crippen LogP contribution in [0, 0.1) is 0 Å². The largest absolute Gasteiger partial charge is 0.493 e. The number of benzene rings is 2. The smallest absolute Gasteiger partial charge is 0.341 e. The van der Waals surface area contributed by atoms with E-state index in [-0.39, 0.29) is 6.10 Å². The van der Waals surface area contributed by atoms with Crippen LogP contribution >= 0.6 is 0 Å². The molecule has 0 bridgehead atoms. The second-order valence-corrected chi connectivity index (χ2v) is 4.50. The molecule has 0 aliphatic rings. The van der Waals surface area contributed by atoms with Crippen molar-refractivity contribution in [3.8, 4) is 11.5 Å². The van der Waals surface area contributed by atoms with Gasteiger partial charge in [0.15, 0.2) is 11.5 Å². The summed E-state index contributed by atoms with van der Waals surface area (Å²) < 4.78 is 16.0. The molecule has 1 unspecified atom stereocenters. The first-order valence-corrected chi connectivity index (χ1v) is 6.64. The highest BCUT2D eigenvalue weighted by molar-refractivity contribution is 5.93. The Kier molecular flexibility index (Phi) is 4.82. The number of carbonyl (C=O) groups is 1. The van der Waals surface area contributed by atoms with Crippen LogP contribution in [0.3, 0.4) is 0 Å². The molecule has 0 aliphatic heterocycles. The molecule has 0 saturated carbocycles. The van der Waals surface area contributed by atoms with Crippen molar-refractivity contribution < 1.29 is 19.0 Å². The summed E-state index contributed by atoms with van der Waals surface area (Å²) in [5.41, 5.74) is 1.36. The number of esters is 1. The van der Waals surface area contributed by atoms with E-state index in [1.165, 1.54) is 14.2 Å². The lowest BCUT2D eigenvalue weighted by molar-refractivity contribution is 0.0592. The fraction of sp³-hybridized carbons (Fsp3) is 0.235. The van der Waals surface area contributed by atoms with E-state index >= 15 is 0 Å². The zero-order valence-corrected chi connectivity index (χ0v) is 12.3. The molecule has 0 aliphatic carbocycles. The minimum atomic E-state index is -0.454. The number of carbonyl (C=O) groups excluding carboxylic acids is 1. The Bertz CT molecular complexity index is 607. The maximum atomic E-state index is 11.9. The van der Waals surface area contributed by atoms with Gasteiger partial charge in [-0.3, -0.25) is 0 Å². The van der Waals surface area contributed by atoms with E-state index in [1.807, 2.05) is 37.3 Å². The minimum Gasteiger partial charge on any atom is -0.493 e. The van der Waals surface area contributed by atoms with Gasteiger partial charge in [-0.1, -0.05) is 36.4 Å². The second kappa shape index (κ2) is 6.79. The molecule has 0 spiro atoms. The molecule has 0 aromatic heterocycles. The zero-order valence-electron chi connectivity index (χ0n) is 12.3. The van der Waals surface area contributed by atoms with Gasteiger partial charge in [0.25, 0.3) is 0 Å². The lowest BCUT2D eigenvalue weighted by Gasteiger charge is -2.19. The molecule has 4 nitrogen and oxygen atoms in total. The maximum absolute atomic E-state index is 11.9. The molecule has 2 aromatic carbocycles. The van der Waals surface area contributed by atoms with E-state index in [2.05, 4.69) is 0 Å². The van der Waals surface area contributed by atoms with Crippen LogP contribution in [-0.2, 0) is 4.74 Å². The van der Waals surface area contributed by atoms with Crippen LogP contribution in [0.2, 0.25) is 0 Å². The normalized spacial score (nSPS) is 11.6. The highest BCUT2D eigenvalue weighted by Crippen LogP contribution is 2.35. The van der Waals surface area contributed by atoms with Crippen molar-refractivity contribution in [2.45, 2.75) is 13.0 Å². The summed E-state index contributed by atoms with van der Waals surface area (Å²) in [6.45, 7) is 1.92. The van der Waals surface area contributed by atoms with Gasteiger partial charge in [0, 0.05) is 0 Å². The lowest BCUT2D eigenvalue weighted by atomic mass is 10.1. The van der Waals surface area contributed by atoms with Gasteiger partial charge in [0.05, 0.1) is 14.2 Å². The van der Waals surface area contributed by atoms with Crippen molar-refractivity contribution >= 4 is 5.97 Å². The molecule has 0 radical (unpaired) electrons. The van der Waals surface area contributed by atoms with Crippen molar-refractivity contribution in [2.75, 3.05) is 14.2 Å². The number of hydrogen-bond acceptors (Lipinski definition) is 4. The highest BCUT2D eigenvalue weighted by atomic mass is 16.5. The van der Waals surface area contributed by atoms with E-state index in [1.54, 1.807) is 18.2 Å². The van der Waals surface area contributed by atoms with Gasteiger partial charge in [0.2, 0.25) is 0 Å². The number of methoxy groups -OCH3 is 2. The van der Waals surface area contributed by atoms with Crippen LogP contribution in [0.5, 0.6) is 11.5 Å². The van der Waals surface area contributed by atoms with Crippen LogP contribution in [-0.4, -0.2) is 20.2 Å². The summed E-state index contributed by atoms with van der Waals surface area (Å²) in [6, 6.07) is 14.9. The van der Waals surface area contributed by atoms with E-state index in [0.717, 1.165) is 5.56 Å². The molecule has 1 atom stereocenters. The molecular formula is C17H18O4. The van der Waals surface area contributed by atoms with Gasteiger partial charge >= 0.3 is 5.97 Å². The molecule has 4 heteroatoms. The quantitative estimate of drug-likeness (QED) is 0.787. The van der Waals surface area contributed by atoms with Crippen molar-refractivity contribution in [1.82, 2.24) is 0 Å². The molecule has 2 rings (SSSR count). The van der Waals surface area contributed by atoms with Crippen LogP contribution in [0.1, 0.15) is 28.9 Å². The monoisotopic (exact) mass is 286 g/mol. The summed E-state index contributed by atoms with van der Waals surface area (Å²) in [6.07, 6.45) is -0.217. The average Bonchev–Trinajstić information content (AvgIpc) is 2.55. The third kappa shape index (κ3) is 3.34. The number of hydrogen-bond donors (Lipinski definition) is 0. The Hall–Kier alpha value is -2.49. The molecule has 0 amide bonds. The number of para-hydroxylation sites is 1. The first kappa shape index (κ1) is 14.9. The van der Waals surface area contributed by atoms with Gasteiger partial charge < -0.3 is 14.2 Å². The molecule has 0 heterocycles. The SMILES string of the molecule is COC(=O)c1cccc(OC)c1OC(C)c1ccccc1. The molecule has 0 fully saturated rings. The van der Waals surface area contributed by atoms with Crippen molar-refractivity contribution in [2.24, 2.45) is 0 Å². The van der Waals surface area contributed by atoms with Gasteiger partial charge in [-0.05, 0) is 24.6 Å². The van der Waals surface area contributed by atoms with E-state index in [0.29, 0.717) is 17.1 Å². The van der Waals surface area contributed by atoms with Gasteiger partial charge in [-0.15, -0.1) is 0 Å². The Balaban J connectivity index is 2.36. The summed E-state index contributed by atoms with van der Waals surface area (Å²) in [5, 5.41) is 0. The Morgan fingerprint density at radius 3 is 2.33 bits per heavy atom. The molecular weight excluding hydrogens is 268 g/mol. The first-order valence-electron chi connectivity index (χ1n) is 6.64. The highest BCUT2D eigenvalue weighted by Gasteiger charge is 2.20. The average molecular weight is 286 g/mol. The van der Waals surface area contributed by atoms with Crippen molar-refractivity contribution in [3.63, 3.8) is 0 Å². The third-order valence-corrected chi connectivity index (χ3v) is 3.17. The van der Waals surface area contributed by atoms with Gasteiger partial charge in [0.1, 0.15) is 11.7 Å². The molecule has 110 valence electrons. The summed E-state index contributed by atoms with van der Waals surface area (Å²) in [7, 11) is 2.88. The van der Waals surface area contributed by atoms with E-state index < -0.39 is 5.97 Å². The lowest BCUT2D eigenvalue weighted by Crippen LogP contribution is -2.10. The zero-order chi connectivity index (χ0) is 15.2. The first-order chi connectivity index (χ1) is 10.2. The number of rotatable bonds is 5. The molecule has 21 heavy (non-hydrogen) atoms. The molecule has 0 N–H and O–H groups in total. The van der Waals surface area contributed by atoms with Gasteiger partial charge in [-0.25, -0.2) is 4.79 Å². The van der Waals surface area contributed by atoms with E-state index in [9.17, 15) is 4.79 Å². The Morgan fingerprint density at radius 1 is 1.00 bits per heavy atom. The standard InChI is InChI=1S/C17H18O4/c1-12(13-8-5-4-6-9-13)21-16-14(17(18)20-3)10-7-11-15(16)19-2/h4-12H,1-3H3. The summed E-state index contributed by atoms with van der Waals surface area (Å²) in [4.78, 5) is 11.9. The number of ether oxygens (including phenoxy) is 3. The van der Waals surface area contributed by atoms with Crippen LogP contribution in [0.4, 0.5) is 0 Å². The Labute approximate surface area is 124 Å². The fourth-order valence-electron chi connectivity index (χ4n) is 2.04. The predicted octanol–water partition coefficient (Wildman–Crippen LogP) is 3.62. The van der Waals surface area contributed by atoms with Crippen molar-refractivity contribution in [3.05, 3.63) is 59.7 Å². The maximum Gasteiger partial charge on any atom is 0.341 e. The minimum absolute atomic E-state index is 0.217. The molecule has 0 saturated heterocycles. The summed E-state index contributed by atoms with van der Waals surface area (Å²) >= 11 is 0. The van der Waals surface area contributed by atoms with Crippen molar-refractivity contribution in [1.29, 1.82) is 0 Å². The summed E-state index contributed by atoms with van der Waals surface area (Å²) in [5.74, 6) is 0.438. The van der Waals surface area contributed by atoms with Crippen LogP contribution in [0.15, 0.2) is 48.5 Å². The Morgan fingerprint density at radius 2 is 1.71 bits per heavy atom. The molecule has 2 aromatic rings. The van der Waals surface area contributed by atoms with Crippen LogP contribution in [0.25, 0.3) is 0 Å². The fourth-order valence-corrected chi connectivity index (χ4v) is 2.04. The van der Waals surface area contributed by atoms with Gasteiger partial charge in [-0.2, -0.15) is 0 Å². The topological polar surface area (TPSA) is 44.8 Å². The second-order valence-electron chi connectivity index (χ2n) is 4.50. The predicted molar refractivity (Wildman–Crippen MR) is 79.8 cm³/mol. The third-order valence-electron chi connectivity index (χ3n) is 3.17. The van der Waals surface area contributed by atoms with E-state index in [4.69, 9.17) is 14.2 Å².